The van der Waals surface area contributed by atoms with Crippen molar-refractivity contribution in [1.82, 2.24) is 0 Å². The Bertz CT molecular complexity index is 841. The van der Waals surface area contributed by atoms with E-state index in [-0.39, 0.29) is 31.1 Å². The van der Waals surface area contributed by atoms with Crippen LogP contribution in [0.4, 0.5) is 0 Å². The molecule has 2 atom stereocenters. The summed E-state index contributed by atoms with van der Waals surface area (Å²) in [4.78, 5) is 37.8. The normalized spacial score (nSPS) is 12.5. The van der Waals surface area contributed by atoms with Crippen LogP contribution in [0.25, 0.3) is 0 Å². The molecule has 1 unspecified atom stereocenters. The van der Waals surface area contributed by atoms with Gasteiger partial charge in [0.15, 0.2) is 6.10 Å². The van der Waals surface area contributed by atoms with E-state index >= 15 is 0 Å². The summed E-state index contributed by atoms with van der Waals surface area (Å²) >= 11 is 0. The van der Waals surface area contributed by atoms with E-state index in [0.29, 0.717) is 19.3 Å². The van der Waals surface area contributed by atoms with Crippen LogP contribution in [0.1, 0.15) is 266 Å². The molecule has 0 rings (SSSR count). The van der Waals surface area contributed by atoms with Gasteiger partial charge >= 0.3 is 17.9 Å². The first-order valence-corrected chi connectivity index (χ1v) is 24.3. The lowest BCUT2D eigenvalue weighted by Gasteiger charge is -2.18. The molecular weight excluding hydrogens is 685 g/mol. The molecule has 0 fully saturated rings. The average Bonchev–Trinajstić information content (AvgIpc) is 3.17. The fourth-order valence-corrected chi connectivity index (χ4v) is 7.25. The van der Waals surface area contributed by atoms with Gasteiger partial charge in [0.1, 0.15) is 13.2 Å². The molecule has 0 spiro atoms. The highest BCUT2D eigenvalue weighted by Gasteiger charge is 2.19. The van der Waals surface area contributed by atoms with Gasteiger partial charge in [0.25, 0.3) is 0 Å². The van der Waals surface area contributed by atoms with Crippen LogP contribution in [-0.4, -0.2) is 37.2 Å². The summed E-state index contributed by atoms with van der Waals surface area (Å²) in [7, 11) is 0. The first-order valence-electron chi connectivity index (χ1n) is 24.3. The molecule has 0 amide bonds. The van der Waals surface area contributed by atoms with E-state index in [9.17, 15) is 14.4 Å². The van der Waals surface area contributed by atoms with Crippen LogP contribution in [0.15, 0.2) is 0 Å². The summed E-state index contributed by atoms with van der Waals surface area (Å²) in [5.74, 6) is 0.811. The summed E-state index contributed by atoms with van der Waals surface area (Å²) in [6.07, 6.45) is 40.8. The molecule has 326 valence electrons. The van der Waals surface area contributed by atoms with Crippen molar-refractivity contribution in [2.45, 2.75) is 272 Å². The van der Waals surface area contributed by atoms with Gasteiger partial charge in [0, 0.05) is 19.3 Å². The predicted molar refractivity (Wildman–Crippen MR) is 233 cm³/mol. The van der Waals surface area contributed by atoms with E-state index in [1.807, 2.05) is 0 Å². The second-order valence-corrected chi connectivity index (χ2v) is 17.5. The van der Waals surface area contributed by atoms with Gasteiger partial charge in [-0.15, -0.1) is 0 Å². The Labute approximate surface area is 342 Å². The second kappa shape index (κ2) is 42.0. The first-order chi connectivity index (χ1) is 26.8. The number of unbranched alkanes of at least 4 members (excludes halogenated alkanes) is 27. The van der Waals surface area contributed by atoms with Gasteiger partial charge in [-0.05, 0) is 31.1 Å². The predicted octanol–water partition coefficient (Wildman–Crippen LogP) is 15.4. The van der Waals surface area contributed by atoms with Gasteiger partial charge in [-0.1, -0.05) is 227 Å². The number of ether oxygens (including phenoxy) is 3. The SMILES string of the molecule is CCCCCCCCCCCCCCC(=O)O[C@H](COC(=O)CCCCCCCCCCCCC(C)CC)COC(=O)CCCCCCCCCCC(C)C. The van der Waals surface area contributed by atoms with Gasteiger partial charge in [-0.25, -0.2) is 0 Å². The Morgan fingerprint density at radius 1 is 0.382 bits per heavy atom. The lowest BCUT2D eigenvalue weighted by atomic mass is 9.99. The molecule has 6 heteroatoms. The van der Waals surface area contributed by atoms with Crippen molar-refractivity contribution in [3.05, 3.63) is 0 Å². The molecule has 0 radical (unpaired) electrons. The third-order valence-corrected chi connectivity index (χ3v) is 11.3. The molecule has 0 aromatic rings. The third-order valence-electron chi connectivity index (χ3n) is 11.3. The Morgan fingerprint density at radius 3 is 1.04 bits per heavy atom. The maximum Gasteiger partial charge on any atom is 0.306 e. The number of hydrogen-bond acceptors (Lipinski definition) is 6. The van der Waals surface area contributed by atoms with Gasteiger partial charge in [0.2, 0.25) is 0 Å². The monoisotopic (exact) mass is 779 g/mol. The molecule has 0 heterocycles. The van der Waals surface area contributed by atoms with Crippen molar-refractivity contribution in [3.63, 3.8) is 0 Å². The van der Waals surface area contributed by atoms with Crippen molar-refractivity contribution in [1.29, 1.82) is 0 Å². The summed E-state index contributed by atoms with van der Waals surface area (Å²) in [5, 5.41) is 0. The third kappa shape index (κ3) is 41.9. The molecule has 55 heavy (non-hydrogen) atoms. The highest BCUT2D eigenvalue weighted by molar-refractivity contribution is 5.71. The number of carbonyl (C=O) groups excluding carboxylic acids is 3. The average molecular weight is 779 g/mol. The molecule has 0 aromatic carbocycles. The molecule has 0 N–H and O–H groups in total. The lowest BCUT2D eigenvalue weighted by molar-refractivity contribution is -0.167. The van der Waals surface area contributed by atoms with Gasteiger partial charge < -0.3 is 14.2 Å². The molecule has 0 saturated heterocycles. The van der Waals surface area contributed by atoms with Crippen LogP contribution in [0.2, 0.25) is 0 Å². The van der Waals surface area contributed by atoms with Crippen molar-refractivity contribution in [3.8, 4) is 0 Å². The quantitative estimate of drug-likeness (QED) is 0.0348. The molecule has 0 aliphatic carbocycles. The summed E-state index contributed by atoms with van der Waals surface area (Å²) in [6, 6.07) is 0. The van der Waals surface area contributed by atoms with Crippen molar-refractivity contribution in [2.24, 2.45) is 11.8 Å². The maximum atomic E-state index is 12.7. The Kier molecular flexibility index (Phi) is 40.8. The Hall–Kier alpha value is -1.59. The lowest BCUT2D eigenvalue weighted by Crippen LogP contribution is -2.30. The zero-order chi connectivity index (χ0) is 40.5. The molecule has 6 nitrogen and oxygen atoms in total. The van der Waals surface area contributed by atoms with Crippen LogP contribution in [-0.2, 0) is 28.6 Å². The van der Waals surface area contributed by atoms with E-state index in [1.54, 1.807) is 0 Å². The summed E-state index contributed by atoms with van der Waals surface area (Å²) in [6.45, 7) is 11.3. The number of carbonyl (C=O) groups is 3. The molecule has 0 aliphatic heterocycles. The topological polar surface area (TPSA) is 78.9 Å². The van der Waals surface area contributed by atoms with Gasteiger partial charge in [-0.3, -0.25) is 14.4 Å². The molecule has 0 saturated carbocycles. The molecular formula is C49H94O6. The number of hydrogen-bond donors (Lipinski definition) is 0. The molecule has 0 aromatic heterocycles. The smallest absolute Gasteiger partial charge is 0.306 e. The minimum Gasteiger partial charge on any atom is -0.462 e. The van der Waals surface area contributed by atoms with Crippen LogP contribution < -0.4 is 0 Å². The fraction of sp³-hybridized carbons (Fsp3) is 0.939. The van der Waals surface area contributed by atoms with Crippen LogP contribution in [0.3, 0.4) is 0 Å². The molecule has 0 bridgehead atoms. The molecule has 0 aliphatic rings. The summed E-state index contributed by atoms with van der Waals surface area (Å²) < 4.78 is 16.8. The zero-order valence-electron chi connectivity index (χ0n) is 37.6. The van der Waals surface area contributed by atoms with Crippen molar-refractivity contribution < 1.29 is 28.6 Å². The largest absolute Gasteiger partial charge is 0.462 e. The Morgan fingerprint density at radius 2 is 0.691 bits per heavy atom. The zero-order valence-corrected chi connectivity index (χ0v) is 37.6. The van der Waals surface area contributed by atoms with E-state index in [2.05, 4.69) is 34.6 Å². The highest BCUT2D eigenvalue weighted by Crippen LogP contribution is 2.17. The van der Waals surface area contributed by atoms with Gasteiger partial charge in [0.05, 0.1) is 0 Å². The Balaban J connectivity index is 4.33. The van der Waals surface area contributed by atoms with E-state index in [4.69, 9.17) is 14.2 Å². The second-order valence-electron chi connectivity index (χ2n) is 17.5. The van der Waals surface area contributed by atoms with E-state index in [0.717, 1.165) is 69.6 Å². The van der Waals surface area contributed by atoms with Gasteiger partial charge in [-0.2, -0.15) is 0 Å². The van der Waals surface area contributed by atoms with Crippen molar-refractivity contribution >= 4 is 17.9 Å². The number of rotatable bonds is 43. The standard InChI is InChI=1S/C49H94O6/c1-6-8-9-10-11-12-13-14-19-26-31-36-41-49(52)55-46(43-54-48(51)40-35-30-25-21-20-22-27-32-37-44(3)4)42-53-47(50)39-34-29-24-18-16-15-17-23-28-33-38-45(5)7-2/h44-46H,6-43H2,1-5H3/t45?,46-/m1/s1. The van der Waals surface area contributed by atoms with E-state index < -0.39 is 6.10 Å². The van der Waals surface area contributed by atoms with Crippen LogP contribution in [0.5, 0.6) is 0 Å². The maximum absolute atomic E-state index is 12.7. The summed E-state index contributed by atoms with van der Waals surface area (Å²) in [5.41, 5.74) is 0. The highest BCUT2D eigenvalue weighted by atomic mass is 16.6. The van der Waals surface area contributed by atoms with Crippen LogP contribution in [0, 0.1) is 11.8 Å². The minimum atomic E-state index is -0.761. The number of esters is 3. The van der Waals surface area contributed by atoms with Crippen molar-refractivity contribution in [2.75, 3.05) is 13.2 Å². The minimum absolute atomic E-state index is 0.0647. The first kappa shape index (κ1) is 53.4. The fourth-order valence-electron chi connectivity index (χ4n) is 7.25. The van der Waals surface area contributed by atoms with Crippen LogP contribution >= 0.6 is 0 Å². The van der Waals surface area contributed by atoms with E-state index in [1.165, 1.54) is 154 Å².